The van der Waals surface area contributed by atoms with Crippen molar-refractivity contribution in [1.29, 1.82) is 0 Å². The van der Waals surface area contributed by atoms with Crippen molar-refractivity contribution in [2.24, 2.45) is 7.05 Å². The molecule has 0 aliphatic heterocycles. The second kappa shape index (κ2) is 9.95. The number of aryl methyl sites for hydroxylation is 1. The van der Waals surface area contributed by atoms with Crippen LogP contribution in [0.4, 0.5) is 0 Å². The van der Waals surface area contributed by atoms with Gasteiger partial charge in [-0.05, 0) is 36.2 Å². The lowest BCUT2D eigenvalue weighted by molar-refractivity contribution is 0.0944. The Morgan fingerprint density at radius 3 is 2.45 bits per heavy atom. The fourth-order valence-electron chi connectivity index (χ4n) is 3.46. The van der Waals surface area contributed by atoms with Crippen molar-refractivity contribution in [3.63, 3.8) is 0 Å². The molecule has 0 saturated heterocycles. The number of amides is 1. The summed E-state index contributed by atoms with van der Waals surface area (Å²) in [5.74, 6) is 1.81. The molecular weight excluding hydrogens is 418 g/mol. The number of rotatable bonds is 8. The average Bonchev–Trinajstić information content (AvgIpc) is 3.26. The fourth-order valence-corrected chi connectivity index (χ4v) is 3.46. The number of carbonyl (C=O) groups is 1. The maximum Gasteiger partial charge on any atom is 0.269 e. The second-order valence-corrected chi connectivity index (χ2v) is 7.39. The Kier molecular flexibility index (Phi) is 6.64. The first kappa shape index (κ1) is 22.0. The summed E-state index contributed by atoms with van der Waals surface area (Å²) in [5.41, 5.74) is 3.75. The predicted octanol–water partition coefficient (Wildman–Crippen LogP) is 3.53. The van der Waals surface area contributed by atoms with Crippen LogP contribution < -0.4 is 14.8 Å². The third-order valence-electron chi connectivity index (χ3n) is 5.23. The van der Waals surface area contributed by atoms with Crippen molar-refractivity contribution < 1.29 is 14.3 Å². The molecule has 0 radical (unpaired) electrons. The Bertz CT molecular complexity index is 1240. The van der Waals surface area contributed by atoms with Crippen LogP contribution in [0.3, 0.4) is 0 Å². The molecule has 2 heterocycles. The Balaban J connectivity index is 1.40. The van der Waals surface area contributed by atoms with Gasteiger partial charge in [0, 0.05) is 37.1 Å². The van der Waals surface area contributed by atoms with Crippen LogP contribution in [0.2, 0.25) is 0 Å². The smallest absolute Gasteiger partial charge is 0.269 e. The molecule has 4 rings (SSSR count). The lowest BCUT2D eigenvalue weighted by Gasteiger charge is -2.08. The van der Waals surface area contributed by atoms with Gasteiger partial charge in [0.15, 0.2) is 5.82 Å². The lowest BCUT2D eigenvalue weighted by Crippen LogP contribution is -2.27. The molecule has 4 aromatic rings. The van der Waals surface area contributed by atoms with Crippen LogP contribution in [0, 0.1) is 0 Å². The summed E-state index contributed by atoms with van der Waals surface area (Å²) in [4.78, 5) is 21.6. The highest BCUT2D eigenvalue weighted by Crippen LogP contribution is 2.32. The van der Waals surface area contributed by atoms with Crippen molar-refractivity contribution in [3.05, 3.63) is 78.2 Å². The molecule has 0 spiro atoms. The zero-order valence-corrected chi connectivity index (χ0v) is 18.8. The van der Waals surface area contributed by atoms with Crippen molar-refractivity contribution in [2.45, 2.75) is 6.42 Å². The summed E-state index contributed by atoms with van der Waals surface area (Å²) in [6.07, 6.45) is 4.20. The predicted molar refractivity (Wildman–Crippen MR) is 125 cm³/mol. The molecule has 0 bridgehead atoms. The summed E-state index contributed by atoms with van der Waals surface area (Å²) < 4.78 is 12.3. The van der Waals surface area contributed by atoms with Gasteiger partial charge < -0.3 is 14.8 Å². The summed E-state index contributed by atoms with van der Waals surface area (Å²) in [5, 5.41) is 7.43. The van der Waals surface area contributed by atoms with Crippen molar-refractivity contribution in [1.82, 2.24) is 25.1 Å². The number of carbonyl (C=O) groups excluding carboxylic acids is 1. The van der Waals surface area contributed by atoms with Crippen LogP contribution in [0.1, 0.15) is 16.1 Å². The minimum Gasteiger partial charge on any atom is -0.497 e. The van der Waals surface area contributed by atoms with Gasteiger partial charge in [0.25, 0.3) is 5.91 Å². The molecule has 0 unspecified atom stereocenters. The molecule has 168 valence electrons. The highest BCUT2D eigenvalue weighted by Gasteiger charge is 2.17. The van der Waals surface area contributed by atoms with E-state index in [1.54, 1.807) is 44.4 Å². The molecule has 0 fully saturated rings. The number of hydrogen-bond donors (Lipinski definition) is 1. The number of methoxy groups -OCH3 is 2. The quantitative estimate of drug-likeness (QED) is 0.448. The van der Waals surface area contributed by atoms with E-state index in [0.29, 0.717) is 41.7 Å². The largest absolute Gasteiger partial charge is 0.497 e. The topological polar surface area (TPSA) is 91.2 Å². The van der Waals surface area contributed by atoms with E-state index in [0.717, 1.165) is 16.7 Å². The minimum atomic E-state index is -0.208. The molecular formula is C25H25N5O3. The van der Waals surface area contributed by atoms with Gasteiger partial charge in [0.05, 0.1) is 19.9 Å². The van der Waals surface area contributed by atoms with E-state index in [1.807, 2.05) is 48.5 Å². The van der Waals surface area contributed by atoms with E-state index in [1.165, 1.54) is 0 Å². The van der Waals surface area contributed by atoms with Crippen LogP contribution in [0.15, 0.2) is 67.0 Å². The van der Waals surface area contributed by atoms with Gasteiger partial charge in [0.1, 0.15) is 17.2 Å². The van der Waals surface area contributed by atoms with E-state index in [9.17, 15) is 4.79 Å². The number of benzene rings is 2. The highest BCUT2D eigenvalue weighted by atomic mass is 16.5. The van der Waals surface area contributed by atoms with Gasteiger partial charge in [-0.3, -0.25) is 9.48 Å². The number of ether oxygens (including phenoxy) is 2. The number of nitrogens with one attached hydrogen (secondary N) is 1. The van der Waals surface area contributed by atoms with Crippen molar-refractivity contribution >= 4 is 5.91 Å². The minimum absolute atomic E-state index is 0.208. The van der Waals surface area contributed by atoms with Gasteiger partial charge in [0.2, 0.25) is 0 Å². The van der Waals surface area contributed by atoms with Gasteiger partial charge in [-0.2, -0.15) is 5.10 Å². The standard InChI is InChI=1S/C25H25N5O3/c1-30-22(14-21(29-30)20-13-19(32-2)9-10-23(20)33-3)25(31)26-12-11-17-15-27-24(28-16-17)18-7-5-4-6-8-18/h4-10,13-16H,11-12H2,1-3H3,(H,26,31). The van der Waals surface area contributed by atoms with E-state index >= 15 is 0 Å². The normalized spacial score (nSPS) is 10.6. The number of nitrogens with zero attached hydrogens (tertiary/aromatic N) is 4. The molecule has 0 atom stereocenters. The molecule has 8 nitrogen and oxygen atoms in total. The Hall–Kier alpha value is -4.20. The molecule has 33 heavy (non-hydrogen) atoms. The van der Waals surface area contributed by atoms with Gasteiger partial charge in [-0.25, -0.2) is 9.97 Å². The van der Waals surface area contributed by atoms with E-state index in [2.05, 4.69) is 20.4 Å². The third kappa shape index (κ3) is 5.01. The maximum atomic E-state index is 12.8. The second-order valence-electron chi connectivity index (χ2n) is 7.39. The van der Waals surface area contributed by atoms with Crippen LogP contribution in [0.5, 0.6) is 11.5 Å². The van der Waals surface area contributed by atoms with E-state index in [4.69, 9.17) is 9.47 Å². The van der Waals surface area contributed by atoms with Crippen LogP contribution in [-0.2, 0) is 13.5 Å². The van der Waals surface area contributed by atoms with Gasteiger partial charge in [-0.15, -0.1) is 0 Å². The summed E-state index contributed by atoms with van der Waals surface area (Å²) in [6.45, 7) is 0.454. The van der Waals surface area contributed by atoms with Crippen molar-refractivity contribution in [2.75, 3.05) is 20.8 Å². The van der Waals surface area contributed by atoms with Gasteiger partial charge >= 0.3 is 0 Å². The van der Waals surface area contributed by atoms with E-state index in [-0.39, 0.29) is 5.91 Å². The zero-order valence-electron chi connectivity index (χ0n) is 18.8. The van der Waals surface area contributed by atoms with E-state index < -0.39 is 0 Å². The van der Waals surface area contributed by atoms with Crippen molar-refractivity contribution in [3.8, 4) is 34.1 Å². The van der Waals surface area contributed by atoms with Crippen LogP contribution in [-0.4, -0.2) is 46.4 Å². The Labute approximate surface area is 192 Å². The number of hydrogen-bond acceptors (Lipinski definition) is 6. The first-order valence-electron chi connectivity index (χ1n) is 10.5. The average molecular weight is 444 g/mol. The van der Waals surface area contributed by atoms with Gasteiger partial charge in [-0.1, -0.05) is 30.3 Å². The lowest BCUT2D eigenvalue weighted by atomic mass is 10.1. The Morgan fingerprint density at radius 1 is 1.00 bits per heavy atom. The Morgan fingerprint density at radius 2 is 1.76 bits per heavy atom. The molecule has 0 aliphatic rings. The highest BCUT2D eigenvalue weighted by molar-refractivity contribution is 5.94. The molecule has 0 saturated carbocycles. The fraction of sp³-hybridized carbons (Fsp3) is 0.200. The third-order valence-corrected chi connectivity index (χ3v) is 5.23. The summed E-state index contributed by atoms with van der Waals surface area (Å²) in [6, 6.07) is 17.0. The molecule has 8 heteroatoms. The first-order valence-corrected chi connectivity index (χ1v) is 10.5. The molecule has 0 aliphatic carbocycles. The van der Waals surface area contributed by atoms with Crippen LogP contribution in [0.25, 0.3) is 22.6 Å². The number of aromatic nitrogens is 4. The summed E-state index contributed by atoms with van der Waals surface area (Å²) >= 11 is 0. The SMILES string of the molecule is COc1ccc(OC)c(-c2cc(C(=O)NCCc3cnc(-c4ccccc4)nc3)n(C)n2)c1. The first-order chi connectivity index (χ1) is 16.1. The molecule has 2 aromatic carbocycles. The van der Waals surface area contributed by atoms with Crippen LogP contribution >= 0.6 is 0 Å². The molecule has 1 N–H and O–H groups in total. The maximum absolute atomic E-state index is 12.8. The molecule has 1 amide bonds. The monoisotopic (exact) mass is 443 g/mol. The summed E-state index contributed by atoms with van der Waals surface area (Å²) in [7, 11) is 4.93. The molecule has 2 aromatic heterocycles. The zero-order chi connectivity index (χ0) is 23.2.